The van der Waals surface area contributed by atoms with Crippen molar-refractivity contribution in [3.8, 4) is 11.1 Å². The van der Waals surface area contributed by atoms with E-state index >= 15 is 4.39 Å². The molecule has 1 fully saturated rings. The molecule has 0 unspecified atom stereocenters. The summed E-state index contributed by atoms with van der Waals surface area (Å²) in [7, 11) is 0. The molecule has 4 rings (SSSR count). The molecule has 0 bridgehead atoms. The molecule has 3 aromatic rings. The molecule has 0 nitrogen and oxygen atoms in total. The monoisotopic (exact) mass is 450 g/mol. The quantitative estimate of drug-likeness (QED) is 0.248. The minimum absolute atomic E-state index is 0.254. The lowest BCUT2D eigenvalue weighted by molar-refractivity contribution is 0.376. The average Bonchev–Trinajstić information content (AvgIpc) is 2.83. The highest BCUT2D eigenvalue weighted by Gasteiger charge is 2.22. The van der Waals surface area contributed by atoms with Crippen LogP contribution in [0, 0.1) is 23.4 Å². The molecule has 0 aliphatic heterocycles. The van der Waals surface area contributed by atoms with Gasteiger partial charge in [-0.2, -0.15) is 0 Å². The highest BCUT2D eigenvalue weighted by Crippen LogP contribution is 2.38. The zero-order valence-corrected chi connectivity index (χ0v) is 19.6. The Morgan fingerprint density at radius 1 is 0.848 bits per heavy atom. The van der Waals surface area contributed by atoms with Gasteiger partial charge in [-0.15, -0.1) is 0 Å². The van der Waals surface area contributed by atoms with E-state index in [4.69, 9.17) is 0 Å². The summed E-state index contributed by atoms with van der Waals surface area (Å²) in [5.74, 6) is -1.48. The predicted molar refractivity (Wildman–Crippen MR) is 132 cm³/mol. The Hall–Kier alpha value is -2.55. The van der Waals surface area contributed by atoms with Gasteiger partial charge in [0.2, 0.25) is 0 Å². The van der Waals surface area contributed by atoms with E-state index in [1.807, 2.05) is 12.1 Å². The van der Waals surface area contributed by atoms with Crippen LogP contribution in [0.4, 0.5) is 13.2 Å². The number of benzene rings is 3. The fourth-order valence-corrected chi connectivity index (χ4v) is 5.26. The van der Waals surface area contributed by atoms with Crippen LogP contribution >= 0.6 is 0 Å². The van der Waals surface area contributed by atoms with Crippen molar-refractivity contribution in [2.45, 2.75) is 71.1 Å². The Bertz CT molecular complexity index is 1120. The van der Waals surface area contributed by atoms with Crippen molar-refractivity contribution in [3.05, 3.63) is 83.2 Å². The van der Waals surface area contributed by atoms with Gasteiger partial charge in [-0.25, -0.2) is 13.2 Å². The van der Waals surface area contributed by atoms with Crippen molar-refractivity contribution in [1.29, 1.82) is 0 Å². The van der Waals surface area contributed by atoms with E-state index in [9.17, 15) is 8.78 Å². The fraction of sp³-hybridized carbons (Fsp3) is 0.400. The summed E-state index contributed by atoms with van der Waals surface area (Å²) in [5.41, 5.74) is 2.59. The van der Waals surface area contributed by atoms with E-state index in [0.717, 1.165) is 32.1 Å². The number of hydrogen-bond donors (Lipinski definition) is 0. The standard InChI is InChI=1S/C30H33F3/c1-3-5-6-8-25-19-24-17-18-26(29(32)27(24)30(33)28(25)31)23-15-13-22(14-16-23)21-11-9-20(7-4-2)10-12-21/h4,7,13-21H,3,5-6,8-12H2,1-2H3/b7-4+. The van der Waals surface area contributed by atoms with Crippen LogP contribution in [0.5, 0.6) is 0 Å². The number of unbranched alkanes of at least 4 members (excludes halogenated alkanes) is 2. The minimum atomic E-state index is -1.08. The maximum Gasteiger partial charge on any atom is 0.169 e. The summed E-state index contributed by atoms with van der Waals surface area (Å²) in [6.07, 6.45) is 12.4. The normalized spacial score (nSPS) is 18.9. The maximum absolute atomic E-state index is 15.4. The number of hydrogen-bond acceptors (Lipinski definition) is 0. The van der Waals surface area contributed by atoms with E-state index in [2.05, 4.69) is 38.1 Å². The molecule has 0 aromatic heterocycles. The summed E-state index contributed by atoms with van der Waals surface area (Å²) in [4.78, 5) is 0. The fourth-order valence-electron chi connectivity index (χ4n) is 5.26. The van der Waals surface area contributed by atoms with Crippen LogP contribution in [0.25, 0.3) is 21.9 Å². The lowest BCUT2D eigenvalue weighted by Crippen LogP contribution is -2.11. The Morgan fingerprint density at radius 3 is 2.24 bits per heavy atom. The first-order valence-corrected chi connectivity index (χ1v) is 12.4. The topological polar surface area (TPSA) is 0 Å². The van der Waals surface area contributed by atoms with Gasteiger partial charge in [-0.3, -0.25) is 0 Å². The minimum Gasteiger partial charge on any atom is -0.206 e. The Kier molecular flexibility index (Phi) is 7.57. The average molecular weight is 451 g/mol. The third-order valence-electron chi connectivity index (χ3n) is 7.18. The van der Waals surface area contributed by atoms with Crippen LogP contribution in [0.2, 0.25) is 0 Å². The van der Waals surface area contributed by atoms with Crippen molar-refractivity contribution in [2.75, 3.05) is 0 Å². The van der Waals surface area contributed by atoms with Crippen LogP contribution in [0.3, 0.4) is 0 Å². The molecule has 0 N–H and O–H groups in total. The van der Waals surface area contributed by atoms with Gasteiger partial charge in [0.05, 0.1) is 5.39 Å². The van der Waals surface area contributed by atoms with Crippen molar-refractivity contribution in [1.82, 2.24) is 0 Å². The lowest BCUT2D eigenvalue weighted by Gasteiger charge is -2.27. The predicted octanol–water partition coefficient (Wildman–Crippen LogP) is 9.51. The highest BCUT2D eigenvalue weighted by atomic mass is 19.2. The van der Waals surface area contributed by atoms with Gasteiger partial charge in [0.25, 0.3) is 0 Å². The second-order valence-electron chi connectivity index (χ2n) is 9.41. The number of fused-ring (bicyclic) bond motifs is 1. The molecule has 1 aliphatic carbocycles. The van der Waals surface area contributed by atoms with Crippen molar-refractivity contribution in [3.63, 3.8) is 0 Å². The zero-order valence-electron chi connectivity index (χ0n) is 19.6. The van der Waals surface area contributed by atoms with E-state index < -0.39 is 17.5 Å². The molecule has 0 amide bonds. The zero-order chi connectivity index (χ0) is 23.4. The van der Waals surface area contributed by atoms with Crippen LogP contribution < -0.4 is 0 Å². The number of rotatable bonds is 7. The molecule has 0 atom stereocenters. The van der Waals surface area contributed by atoms with Crippen molar-refractivity contribution < 1.29 is 13.2 Å². The van der Waals surface area contributed by atoms with E-state index in [-0.39, 0.29) is 5.39 Å². The molecule has 3 heteroatoms. The molecular formula is C30H33F3. The molecule has 1 saturated carbocycles. The molecule has 3 aromatic carbocycles. The molecule has 174 valence electrons. The van der Waals surface area contributed by atoms with Gasteiger partial charge in [0.1, 0.15) is 5.82 Å². The second kappa shape index (κ2) is 10.6. The molecule has 0 heterocycles. The molecule has 0 saturated heterocycles. The van der Waals surface area contributed by atoms with Crippen molar-refractivity contribution >= 4 is 10.8 Å². The first-order valence-electron chi connectivity index (χ1n) is 12.4. The smallest absolute Gasteiger partial charge is 0.169 e. The van der Waals surface area contributed by atoms with Crippen LogP contribution in [-0.4, -0.2) is 0 Å². The highest BCUT2D eigenvalue weighted by molar-refractivity contribution is 5.89. The lowest BCUT2D eigenvalue weighted by atomic mass is 9.78. The van der Waals surface area contributed by atoms with Gasteiger partial charge in [0.15, 0.2) is 11.6 Å². The Morgan fingerprint density at radius 2 is 1.58 bits per heavy atom. The van der Waals surface area contributed by atoms with E-state index in [0.29, 0.717) is 40.3 Å². The number of allylic oxidation sites excluding steroid dienone is 2. The summed E-state index contributed by atoms with van der Waals surface area (Å²) in [6, 6.07) is 12.9. The van der Waals surface area contributed by atoms with Crippen LogP contribution in [0.1, 0.15) is 75.8 Å². The summed E-state index contributed by atoms with van der Waals surface area (Å²) < 4.78 is 45.0. The van der Waals surface area contributed by atoms with Gasteiger partial charge in [-0.05, 0) is 85.4 Å². The first kappa shape index (κ1) is 23.6. The molecular weight excluding hydrogens is 417 g/mol. The SMILES string of the molecule is C/C=C/C1CCC(c2ccc(-c3ccc4cc(CCCCC)c(F)c(F)c4c3F)cc2)CC1. The van der Waals surface area contributed by atoms with Gasteiger partial charge < -0.3 is 0 Å². The summed E-state index contributed by atoms with van der Waals surface area (Å²) >= 11 is 0. The Labute approximate surface area is 195 Å². The van der Waals surface area contributed by atoms with Gasteiger partial charge in [0, 0.05) is 5.56 Å². The second-order valence-corrected chi connectivity index (χ2v) is 9.41. The van der Waals surface area contributed by atoms with Gasteiger partial charge in [-0.1, -0.05) is 68.3 Å². The third-order valence-corrected chi connectivity index (χ3v) is 7.18. The van der Waals surface area contributed by atoms with E-state index in [1.54, 1.807) is 18.2 Å². The summed E-state index contributed by atoms with van der Waals surface area (Å²) in [5, 5.41) is 0.159. The van der Waals surface area contributed by atoms with Crippen molar-refractivity contribution in [2.24, 2.45) is 5.92 Å². The number of halogens is 3. The molecule has 33 heavy (non-hydrogen) atoms. The summed E-state index contributed by atoms with van der Waals surface area (Å²) in [6.45, 7) is 4.14. The Balaban J connectivity index is 1.59. The van der Waals surface area contributed by atoms with Gasteiger partial charge >= 0.3 is 0 Å². The first-order chi connectivity index (χ1) is 16.0. The van der Waals surface area contributed by atoms with Crippen LogP contribution in [-0.2, 0) is 6.42 Å². The molecule has 0 spiro atoms. The largest absolute Gasteiger partial charge is 0.206 e. The molecule has 0 radical (unpaired) electrons. The number of aryl methyl sites for hydroxylation is 1. The molecule has 1 aliphatic rings. The maximum atomic E-state index is 15.4. The van der Waals surface area contributed by atoms with Crippen LogP contribution in [0.15, 0.2) is 54.6 Å². The van der Waals surface area contributed by atoms with E-state index in [1.165, 1.54) is 18.4 Å². The third kappa shape index (κ3) is 5.03.